The molecule has 7 nitrogen and oxygen atoms in total. The molecule has 0 fully saturated rings. The molecule has 1 aromatic heterocycles. The summed E-state index contributed by atoms with van der Waals surface area (Å²) < 4.78 is 0. The van der Waals surface area contributed by atoms with Crippen molar-refractivity contribution in [2.45, 2.75) is 19.9 Å². The van der Waals surface area contributed by atoms with Gasteiger partial charge in [0.15, 0.2) is 11.6 Å². The van der Waals surface area contributed by atoms with Crippen LogP contribution in [0.25, 0.3) is 0 Å². The van der Waals surface area contributed by atoms with Crippen LogP contribution in [-0.2, 0) is 0 Å². The lowest BCUT2D eigenvalue weighted by Crippen LogP contribution is -2.30. The molecule has 1 amide bonds. The molecule has 1 atom stereocenters. The second-order valence-corrected chi connectivity index (χ2v) is 6.21. The third-order valence-corrected chi connectivity index (χ3v) is 4.14. The first-order chi connectivity index (χ1) is 13.0. The molecule has 0 aliphatic rings. The first kappa shape index (κ1) is 18.2. The predicted molar refractivity (Wildman–Crippen MR) is 107 cm³/mol. The summed E-state index contributed by atoms with van der Waals surface area (Å²) in [5.41, 5.74) is 14.6. The minimum absolute atomic E-state index is 0.0124. The number of aromatic nitrogens is 2. The monoisotopic (exact) mass is 362 g/mol. The van der Waals surface area contributed by atoms with Gasteiger partial charge in [-0.1, -0.05) is 48.0 Å². The highest BCUT2D eigenvalue weighted by molar-refractivity contribution is 5.95. The summed E-state index contributed by atoms with van der Waals surface area (Å²) in [6.45, 7) is 3.98. The number of anilines is 3. The number of nitrogens with two attached hydrogens (primary N) is 1. The number of carbonyl (C=O) groups is 1. The van der Waals surface area contributed by atoms with Gasteiger partial charge in [0.1, 0.15) is 12.0 Å². The smallest absolute Gasteiger partial charge is 0.269 e. The Bertz CT molecular complexity index is 912. The van der Waals surface area contributed by atoms with E-state index in [1.807, 2.05) is 56.3 Å². The molecule has 138 valence electrons. The average Bonchev–Trinajstić information content (AvgIpc) is 2.69. The van der Waals surface area contributed by atoms with Gasteiger partial charge in [0, 0.05) is 5.56 Å². The molecule has 0 saturated heterocycles. The van der Waals surface area contributed by atoms with Crippen LogP contribution in [0.5, 0.6) is 0 Å². The quantitative estimate of drug-likeness (QED) is 0.502. The zero-order valence-electron chi connectivity index (χ0n) is 15.2. The third-order valence-electron chi connectivity index (χ3n) is 4.14. The van der Waals surface area contributed by atoms with Gasteiger partial charge in [0.25, 0.3) is 5.91 Å². The summed E-state index contributed by atoms with van der Waals surface area (Å²) in [6, 6.07) is 17.2. The Labute approximate surface area is 158 Å². The average molecular weight is 362 g/mol. The van der Waals surface area contributed by atoms with Crippen molar-refractivity contribution in [3.8, 4) is 0 Å². The Morgan fingerprint density at radius 2 is 1.67 bits per heavy atom. The summed E-state index contributed by atoms with van der Waals surface area (Å²) in [7, 11) is 0. The number of hydrogen-bond acceptors (Lipinski definition) is 6. The van der Waals surface area contributed by atoms with E-state index in [9.17, 15) is 4.79 Å². The largest absolute Gasteiger partial charge is 0.393 e. The molecule has 27 heavy (non-hydrogen) atoms. The van der Waals surface area contributed by atoms with Crippen LogP contribution in [0.2, 0.25) is 0 Å². The van der Waals surface area contributed by atoms with E-state index in [1.54, 1.807) is 12.1 Å². The van der Waals surface area contributed by atoms with Gasteiger partial charge >= 0.3 is 0 Å². The van der Waals surface area contributed by atoms with Gasteiger partial charge in [0.05, 0.1) is 6.04 Å². The van der Waals surface area contributed by atoms with Gasteiger partial charge in [-0.3, -0.25) is 15.6 Å². The van der Waals surface area contributed by atoms with E-state index in [2.05, 4.69) is 26.1 Å². The zero-order valence-corrected chi connectivity index (χ0v) is 15.2. The van der Waals surface area contributed by atoms with Crippen molar-refractivity contribution in [1.82, 2.24) is 15.4 Å². The van der Waals surface area contributed by atoms with Gasteiger partial charge in [-0.25, -0.2) is 9.97 Å². The molecular formula is C20H22N6O. The normalized spacial score (nSPS) is 11.5. The van der Waals surface area contributed by atoms with E-state index in [1.165, 1.54) is 6.33 Å². The molecule has 0 aliphatic heterocycles. The lowest BCUT2D eigenvalue weighted by Gasteiger charge is -2.17. The van der Waals surface area contributed by atoms with Crippen molar-refractivity contribution >= 4 is 23.2 Å². The number of benzene rings is 2. The van der Waals surface area contributed by atoms with Gasteiger partial charge in [-0.15, -0.1) is 0 Å². The first-order valence-electron chi connectivity index (χ1n) is 8.59. The molecule has 0 aliphatic carbocycles. The van der Waals surface area contributed by atoms with Crippen LogP contribution < -0.4 is 21.9 Å². The Kier molecular flexibility index (Phi) is 5.51. The van der Waals surface area contributed by atoms with Crippen LogP contribution in [0.1, 0.15) is 34.5 Å². The number of hydrogen-bond donors (Lipinski definition) is 4. The SMILES string of the molecule is Cc1ccc(C(=O)NNc2ncnc(NC(C)c3ccccc3)c2N)cc1. The number of hydrazine groups is 1. The standard InChI is InChI=1S/C20H22N6O/c1-13-8-10-16(11-9-13)20(27)26-25-19-17(21)18(22-12-23-19)24-14(2)15-6-4-3-5-7-15/h3-12,14H,21H2,1-2H3,(H,26,27)(H2,22,23,24,25). The molecule has 3 rings (SSSR count). The van der Waals surface area contributed by atoms with E-state index in [0.717, 1.165) is 11.1 Å². The number of carbonyl (C=O) groups excluding carboxylic acids is 1. The molecule has 0 spiro atoms. The molecule has 0 saturated carbocycles. The Balaban J connectivity index is 1.67. The lowest BCUT2D eigenvalue weighted by atomic mass is 10.1. The summed E-state index contributed by atoms with van der Waals surface area (Å²) in [5.74, 6) is 0.543. The number of nitrogen functional groups attached to an aromatic ring is 1. The number of nitrogens with one attached hydrogen (secondary N) is 3. The van der Waals surface area contributed by atoms with Gasteiger partial charge in [-0.05, 0) is 31.5 Å². The minimum Gasteiger partial charge on any atom is -0.393 e. The zero-order chi connectivity index (χ0) is 19.2. The summed E-state index contributed by atoms with van der Waals surface area (Å²) in [6.07, 6.45) is 1.39. The maximum absolute atomic E-state index is 12.2. The van der Waals surface area contributed by atoms with Crippen molar-refractivity contribution in [2.75, 3.05) is 16.5 Å². The van der Waals surface area contributed by atoms with Crippen molar-refractivity contribution < 1.29 is 4.79 Å². The maximum Gasteiger partial charge on any atom is 0.269 e. The van der Waals surface area contributed by atoms with Crippen LogP contribution >= 0.6 is 0 Å². The van der Waals surface area contributed by atoms with Crippen LogP contribution in [0.3, 0.4) is 0 Å². The van der Waals surface area contributed by atoms with Gasteiger partial charge in [0.2, 0.25) is 0 Å². The second-order valence-electron chi connectivity index (χ2n) is 6.21. The number of aryl methyl sites for hydroxylation is 1. The number of amides is 1. The van der Waals surface area contributed by atoms with Crippen LogP contribution in [0.4, 0.5) is 17.3 Å². The van der Waals surface area contributed by atoms with E-state index >= 15 is 0 Å². The number of rotatable bonds is 6. The highest BCUT2D eigenvalue weighted by atomic mass is 16.2. The molecule has 3 aromatic rings. The topological polar surface area (TPSA) is 105 Å². The third kappa shape index (κ3) is 4.52. The van der Waals surface area contributed by atoms with Crippen LogP contribution in [-0.4, -0.2) is 15.9 Å². The molecular weight excluding hydrogens is 340 g/mol. The Morgan fingerprint density at radius 1 is 1.00 bits per heavy atom. The van der Waals surface area contributed by atoms with Gasteiger partial charge in [-0.2, -0.15) is 0 Å². The van der Waals surface area contributed by atoms with Crippen LogP contribution in [0, 0.1) is 6.92 Å². The van der Waals surface area contributed by atoms with E-state index < -0.39 is 0 Å². The number of nitrogens with zero attached hydrogens (tertiary/aromatic N) is 2. The van der Waals surface area contributed by atoms with E-state index in [0.29, 0.717) is 22.9 Å². The summed E-state index contributed by atoms with van der Waals surface area (Å²) in [5, 5.41) is 3.26. The van der Waals surface area contributed by atoms with Crippen molar-refractivity contribution in [3.63, 3.8) is 0 Å². The molecule has 7 heteroatoms. The predicted octanol–water partition coefficient (Wildman–Crippen LogP) is 3.30. The molecule has 0 radical (unpaired) electrons. The summed E-state index contributed by atoms with van der Waals surface area (Å²) >= 11 is 0. The lowest BCUT2D eigenvalue weighted by molar-refractivity contribution is 0.0962. The molecule has 1 heterocycles. The highest BCUT2D eigenvalue weighted by Crippen LogP contribution is 2.26. The molecule has 2 aromatic carbocycles. The molecule has 0 bridgehead atoms. The van der Waals surface area contributed by atoms with Gasteiger partial charge < -0.3 is 11.1 Å². The fraction of sp³-hybridized carbons (Fsp3) is 0.150. The van der Waals surface area contributed by atoms with Crippen molar-refractivity contribution in [3.05, 3.63) is 77.6 Å². The fourth-order valence-electron chi connectivity index (χ4n) is 2.53. The van der Waals surface area contributed by atoms with E-state index in [4.69, 9.17) is 5.73 Å². The Hall–Kier alpha value is -3.61. The van der Waals surface area contributed by atoms with Crippen molar-refractivity contribution in [2.24, 2.45) is 0 Å². The first-order valence-corrected chi connectivity index (χ1v) is 8.59. The summed E-state index contributed by atoms with van der Waals surface area (Å²) in [4.78, 5) is 20.5. The molecule has 1 unspecified atom stereocenters. The van der Waals surface area contributed by atoms with E-state index in [-0.39, 0.29) is 11.9 Å². The maximum atomic E-state index is 12.2. The minimum atomic E-state index is -0.278. The Morgan fingerprint density at radius 3 is 2.37 bits per heavy atom. The molecule has 5 N–H and O–H groups in total. The van der Waals surface area contributed by atoms with Crippen LogP contribution in [0.15, 0.2) is 60.9 Å². The highest BCUT2D eigenvalue weighted by Gasteiger charge is 2.13. The van der Waals surface area contributed by atoms with Crippen molar-refractivity contribution in [1.29, 1.82) is 0 Å². The fourth-order valence-corrected chi connectivity index (χ4v) is 2.53. The second kappa shape index (κ2) is 8.18.